The zero-order chi connectivity index (χ0) is 12.2. The van der Waals surface area contributed by atoms with Crippen LogP contribution in [0.25, 0.3) is 0 Å². The summed E-state index contributed by atoms with van der Waals surface area (Å²) in [5.41, 5.74) is 5.77. The van der Waals surface area contributed by atoms with Crippen molar-refractivity contribution in [2.24, 2.45) is 5.73 Å². The topological polar surface area (TPSA) is 68.4 Å². The van der Waals surface area contributed by atoms with Crippen molar-refractivity contribution >= 4 is 0 Å². The summed E-state index contributed by atoms with van der Waals surface area (Å²) in [5.74, 6) is -0.267. The van der Waals surface area contributed by atoms with Crippen molar-refractivity contribution in [1.82, 2.24) is 4.98 Å². The minimum Gasteiger partial charge on any atom is -0.429 e. The Labute approximate surface area is 89.9 Å². The zero-order valence-corrected chi connectivity index (χ0v) is 8.24. The van der Waals surface area contributed by atoms with E-state index >= 15 is 0 Å². The summed E-state index contributed by atoms with van der Waals surface area (Å²) in [6.45, 7) is -2.22. The third-order valence-corrected chi connectivity index (χ3v) is 1.76. The van der Waals surface area contributed by atoms with E-state index in [9.17, 15) is 13.2 Å². The number of ether oxygens (including phenoxy) is 1. The van der Waals surface area contributed by atoms with Crippen molar-refractivity contribution in [3.8, 4) is 5.75 Å². The largest absolute Gasteiger partial charge is 0.429 e. The Kier molecular flexibility index (Phi) is 4.08. The van der Waals surface area contributed by atoms with Gasteiger partial charge in [-0.25, -0.2) is 4.39 Å². The fourth-order valence-electron chi connectivity index (χ4n) is 0.965. The highest BCUT2D eigenvalue weighted by atomic mass is 19.3. The molecule has 0 unspecified atom stereocenters. The average Bonchev–Trinajstić information content (AvgIpc) is 2.28. The molecule has 4 nitrogen and oxygen atoms in total. The number of nitrogens with two attached hydrogens (primary N) is 1. The van der Waals surface area contributed by atoms with Gasteiger partial charge in [-0.15, -0.1) is 0 Å². The van der Waals surface area contributed by atoms with Gasteiger partial charge in [0.05, 0.1) is 24.5 Å². The van der Waals surface area contributed by atoms with Crippen molar-refractivity contribution in [2.45, 2.75) is 12.2 Å². The molecule has 1 heterocycles. The number of hydrogen-bond donors (Lipinski definition) is 2. The minimum absolute atomic E-state index is 0.267. The highest BCUT2D eigenvalue weighted by Gasteiger charge is 2.31. The van der Waals surface area contributed by atoms with E-state index in [4.69, 9.17) is 10.8 Å². The number of aromatic nitrogens is 1. The highest BCUT2D eigenvalue weighted by Crippen LogP contribution is 2.21. The molecule has 0 saturated heterocycles. The lowest BCUT2D eigenvalue weighted by molar-refractivity contribution is -0.186. The third-order valence-electron chi connectivity index (χ3n) is 1.76. The Balaban J connectivity index is 2.72. The molecule has 0 fully saturated rings. The number of aliphatic hydroxyl groups is 1. The molecule has 1 atom stereocenters. The Morgan fingerprint density at radius 3 is 2.62 bits per heavy atom. The first-order chi connectivity index (χ1) is 7.48. The summed E-state index contributed by atoms with van der Waals surface area (Å²) < 4.78 is 40.8. The van der Waals surface area contributed by atoms with Crippen LogP contribution >= 0.6 is 0 Å². The van der Waals surface area contributed by atoms with Crippen LogP contribution in [-0.4, -0.2) is 29.5 Å². The summed E-state index contributed by atoms with van der Waals surface area (Å²) in [6, 6.07) is 1.82. The van der Waals surface area contributed by atoms with Gasteiger partial charge in [-0.1, -0.05) is 0 Å². The monoisotopic (exact) mass is 236 g/mol. The molecule has 3 N–H and O–H groups in total. The van der Waals surface area contributed by atoms with E-state index in [0.717, 1.165) is 6.20 Å². The Morgan fingerprint density at radius 2 is 2.19 bits per heavy atom. The smallest absolute Gasteiger partial charge is 0.427 e. The molecule has 7 heteroatoms. The van der Waals surface area contributed by atoms with Crippen LogP contribution in [0, 0.1) is 0 Å². The lowest BCUT2D eigenvalue weighted by atomic mass is 10.2. The van der Waals surface area contributed by atoms with Gasteiger partial charge in [0.2, 0.25) is 0 Å². The maximum Gasteiger partial charge on any atom is 0.427 e. The second kappa shape index (κ2) is 5.13. The van der Waals surface area contributed by atoms with Crippen LogP contribution in [-0.2, 0) is 0 Å². The molecule has 1 aromatic rings. The van der Waals surface area contributed by atoms with Gasteiger partial charge in [-0.05, 0) is 12.1 Å². The van der Waals surface area contributed by atoms with E-state index in [0.29, 0.717) is 5.69 Å². The minimum atomic E-state index is -3.86. The number of rotatable bonds is 5. The van der Waals surface area contributed by atoms with Crippen LogP contribution in [0.15, 0.2) is 18.3 Å². The quantitative estimate of drug-likeness (QED) is 0.800. The summed E-state index contributed by atoms with van der Waals surface area (Å²) in [5, 5.41) is 8.72. The molecular formula is C9H11F3N2O2. The SMILES string of the molecule is N[C@H](CO)c1ccc(OC(F)(F)CF)cn1. The zero-order valence-electron chi connectivity index (χ0n) is 8.24. The lowest BCUT2D eigenvalue weighted by Crippen LogP contribution is -2.27. The van der Waals surface area contributed by atoms with E-state index in [2.05, 4.69) is 9.72 Å². The Morgan fingerprint density at radius 1 is 1.50 bits per heavy atom. The van der Waals surface area contributed by atoms with Crippen LogP contribution in [0.3, 0.4) is 0 Å². The molecule has 0 aromatic carbocycles. The van der Waals surface area contributed by atoms with Crippen molar-refractivity contribution in [1.29, 1.82) is 0 Å². The van der Waals surface area contributed by atoms with Crippen LogP contribution in [0.5, 0.6) is 5.75 Å². The maximum atomic E-state index is 12.5. The number of pyridine rings is 1. The van der Waals surface area contributed by atoms with Gasteiger partial charge in [-0.3, -0.25) is 4.98 Å². The Bertz CT molecular complexity index is 332. The summed E-state index contributed by atoms with van der Waals surface area (Å²) in [7, 11) is 0. The van der Waals surface area contributed by atoms with Crippen LogP contribution in [0.2, 0.25) is 0 Å². The maximum absolute atomic E-state index is 12.5. The van der Waals surface area contributed by atoms with Gasteiger partial charge in [0, 0.05) is 0 Å². The molecular weight excluding hydrogens is 225 g/mol. The molecule has 0 aliphatic heterocycles. The van der Waals surface area contributed by atoms with Crippen LogP contribution < -0.4 is 10.5 Å². The molecule has 0 amide bonds. The first kappa shape index (κ1) is 12.7. The lowest BCUT2D eigenvalue weighted by Gasteiger charge is -2.14. The number of nitrogens with zero attached hydrogens (tertiary/aromatic N) is 1. The van der Waals surface area contributed by atoms with Gasteiger partial charge in [0.1, 0.15) is 5.75 Å². The third kappa shape index (κ3) is 3.35. The molecule has 16 heavy (non-hydrogen) atoms. The van der Waals surface area contributed by atoms with Crippen molar-refractivity contribution in [3.63, 3.8) is 0 Å². The molecule has 1 rings (SSSR count). The first-order valence-electron chi connectivity index (χ1n) is 4.43. The second-order valence-electron chi connectivity index (χ2n) is 3.08. The average molecular weight is 236 g/mol. The summed E-state index contributed by atoms with van der Waals surface area (Å²) >= 11 is 0. The predicted octanol–water partition coefficient (Wildman–Crippen LogP) is 1.01. The van der Waals surface area contributed by atoms with Crippen molar-refractivity contribution in [2.75, 3.05) is 13.3 Å². The van der Waals surface area contributed by atoms with Crippen molar-refractivity contribution < 1.29 is 23.0 Å². The summed E-state index contributed by atoms with van der Waals surface area (Å²) in [4.78, 5) is 3.70. The van der Waals surface area contributed by atoms with Crippen LogP contribution in [0.1, 0.15) is 11.7 Å². The molecule has 0 aliphatic carbocycles. The van der Waals surface area contributed by atoms with Gasteiger partial charge in [-0.2, -0.15) is 8.78 Å². The molecule has 0 bridgehead atoms. The van der Waals surface area contributed by atoms with Gasteiger partial charge in [0.15, 0.2) is 6.67 Å². The standard InChI is InChI=1S/C9H11F3N2O2/c10-5-9(11,12)16-6-1-2-8(14-3-6)7(13)4-15/h1-3,7,15H,4-5,13H2/t7-/m1/s1. The fraction of sp³-hybridized carbons (Fsp3) is 0.444. The van der Waals surface area contributed by atoms with Gasteiger partial charge >= 0.3 is 6.11 Å². The first-order valence-corrected chi connectivity index (χ1v) is 4.43. The van der Waals surface area contributed by atoms with E-state index in [-0.39, 0.29) is 12.4 Å². The van der Waals surface area contributed by atoms with Gasteiger partial charge in [0.25, 0.3) is 0 Å². The van der Waals surface area contributed by atoms with Crippen LogP contribution in [0.4, 0.5) is 13.2 Å². The molecule has 0 aliphatic rings. The number of hydrogen-bond acceptors (Lipinski definition) is 4. The predicted molar refractivity (Wildman–Crippen MR) is 49.8 cm³/mol. The highest BCUT2D eigenvalue weighted by molar-refractivity contribution is 5.21. The number of aliphatic hydroxyl groups excluding tert-OH is 1. The number of alkyl halides is 3. The molecule has 0 saturated carbocycles. The molecule has 1 aromatic heterocycles. The van der Waals surface area contributed by atoms with E-state index in [1.54, 1.807) is 0 Å². The van der Waals surface area contributed by atoms with E-state index in [1.807, 2.05) is 0 Å². The second-order valence-corrected chi connectivity index (χ2v) is 3.08. The van der Waals surface area contributed by atoms with Crippen molar-refractivity contribution in [3.05, 3.63) is 24.0 Å². The molecule has 0 radical (unpaired) electrons. The molecule has 90 valence electrons. The van der Waals surface area contributed by atoms with E-state index < -0.39 is 18.8 Å². The number of halogens is 3. The normalized spacial score (nSPS) is 13.6. The molecule has 0 spiro atoms. The van der Waals surface area contributed by atoms with E-state index in [1.165, 1.54) is 12.1 Å². The van der Waals surface area contributed by atoms with Gasteiger partial charge < -0.3 is 15.6 Å². The Hall–Kier alpha value is -1.34. The summed E-state index contributed by atoms with van der Waals surface area (Å²) in [6.07, 6.45) is -2.86. The fourth-order valence-corrected chi connectivity index (χ4v) is 0.965.